The van der Waals surface area contributed by atoms with Crippen molar-refractivity contribution in [2.24, 2.45) is 14.1 Å². The highest BCUT2D eigenvalue weighted by atomic mass is 31.3. The average Bonchev–Trinajstić information content (AvgIpc) is 3.81. The minimum absolute atomic E-state index is 0.00564. The quantitative estimate of drug-likeness (QED) is 0.0658. The zero-order chi connectivity index (χ0) is 45.1. The summed E-state index contributed by atoms with van der Waals surface area (Å²) < 4.78 is 98.8. The molecule has 0 amide bonds. The molecule has 0 spiro atoms. The number of imidazole rings is 2. The van der Waals surface area contributed by atoms with E-state index in [0.29, 0.717) is 0 Å². The number of hydrogen-bond donors (Lipinski definition) is 3. The molecule has 2 aliphatic heterocycles. The molecule has 6 rings (SSSR count). The van der Waals surface area contributed by atoms with Crippen molar-refractivity contribution in [1.29, 1.82) is 0 Å². The molecule has 7 unspecified atom stereocenters. The molecule has 61 heavy (non-hydrogen) atoms. The Morgan fingerprint density at radius 1 is 0.770 bits per heavy atom. The van der Waals surface area contributed by atoms with Crippen LogP contribution in [0.3, 0.4) is 0 Å². The Kier molecular flexibility index (Phi) is 13.5. The number of aromatic nitrogens is 8. The molecule has 2 saturated heterocycles. The summed E-state index contributed by atoms with van der Waals surface area (Å²) in [5.74, 6) is -1.88. The molecule has 2 fully saturated rings. The van der Waals surface area contributed by atoms with Gasteiger partial charge in [0.25, 0.3) is 37.2 Å². The van der Waals surface area contributed by atoms with Gasteiger partial charge in [-0.1, -0.05) is 9.97 Å². The lowest BCUT2D eigenvalue weighted by molar-refractivity contribution is -0.746. The van der Waals surface area contributed by atoms with E-state index in [1.54, 1.807) is 0 Å². The van der Waals surface area contributed by atoms with Crippen LogP contribution in [0.5, 0.6) is 11.8 Å². The number of fused-ring (bicyclic) bond motifs is 2. The molecule has 30 nitrogen and oxygen atoms in total. The smallest absolute Gasteiger partial charge is 0.309 e. The fourth-order valence-corrected chi connectivity index (χ4v) is 11.1. The van der Waals surface area contributed by atoms with E-state index in [2.05, 4.69) is 37.6 Å². The van der Waals surface area contributed by atoms with Gasteiger partial charge in [0.1, 0.15) is 36.6 Å². The monoisotopic (exact) mass is 947 g/mol. The maximum absolute atomic E-state index is 12.7. The molecule has 34 heteroatoms. The minimum Gasteiger partial charge on any atom is -0.856 e. The molecular weight excluding hydrogens is 910 g/mol. The lowest BCUT2D eigenvalue weighted by atomic mass is 10.1. The van der Waals surface area contributed by atoms with E-state index in [4.69, 9.17) is 29.0 Å². The summed E-state index contributed by atoms with van der Waals surface area (Å²) in [6, 6.07) is 0. The summed E-state index contributed by atoms with van der Waals surface area (Å²) in [6.07, 6.45) is -11.9. The largest absolute Gasteiger partial charge is 0.856 e. The molecule has 6 heterocycles. The Balaban J connectivity index is 1.12. The second kappa shape index (κ2) is 17.4. The van der Waals surface area contributed by atoms with E-state index in [1.807, 2.05) is 0 Å². The molecule has 0 radical (unpaired) electrons. The van der Waals surface area contributed by atoms with Crippen molar-refractivity contribution in [3.05, 3.63) is 18.5 Å². The normalized spacial score (nSPS) is 28.6. The molecule has 12 atom stereocenters. The van der Waals surface area contributed by atoms with Crippen LogP contribution in [0.1, 0.15) is 32.1 Å². The van der Waals surface area contributed by atoms with Crippen molar-refractivity contribution in [1.82, 2.24) is 29.1 Å². The third-order valence-corrected chi connectivity index (χ3v) is 14.1. The van der Waals surface area contributed by atoms with Crippen LogP contribution in [0.2, 0.25) is 0 Å². The number of phosphoric acid groups is 4. The van der Waals surface area contributed by atoms with Crippen LogP contribution in [0.15, 0.2) is 12.7 Å². The van der Waals surface area contributed by atoms with Gasteiger partial charge in [-0.05, 0) is 13.8 Å². The van der Waals surface area contributed by atoms with E-state index < -0.39 is 117 Å². The van der Waals surface area contributed by atoms with Crippen LogP contribution < -0.4 is 44.7 Å². The first-order valence-corrected chi connectivity index (χ1v) is 23.2. The number of hydrogen-bond acceptors (Lipinski definition) is 26. The molecular formula is C27H37N9O21P4-4. The second-order valence-electron chi connectivity index (χ2n) is 13.7. The maximum atomic E-state index is 12.7. The minimum atomic E-state index is -6.48. The molecule has 0 aromatic carbocycles. The highest BCUT2D eigenvalue weighted by molar-refractivity contribution is 7.65. The van der Waals surface area contributed by atoms with Crippen LogP contribution in [0.4, 0.5) is 5.95 Å². The number of nitrogens with zero attached hydrogens (tertiary/aromatic N) is 8. The number of phosphoric ester groups is 3. The Labute approximate surface area is 343 Å². The van der Waals surface area contributed by atoms with Crippen molar-refractivity contribution in [3.63, 3.8) is 0 Å². The molecule has 340 valence electrons. The Hall–Kier alpha value is -3.18. The topological polar surface area (TPSA) is 425 Å². The summed E-state index contributed by atoms with van der Waals surface area (Å²) in [5.41, 5.74) is 5.31. The third kappa shape index (κ3) is 10.3. The lowest BCUT2D eigenvalue weighted by Gasteiger charge is -2.35. The summed E-state index contributed by atoms with van der Waals surface area (Å²) in [4.78, 5) is 66.0. The van der Waals surface area contributed by atoms with Gasteiger partial charge in [-0.2, -0.15) is 0 Å². The van der Waals surface area contributed by atoms with Crippen molar-refractivity contribution in [2.45, 2.75) is 76.0 Å². The maximum Gasteiger partial charge on any atom is 0.309 e. The van der Waals surface area contributed by atoms with Crippen LogP contribution in [0, 0.1) is 6.92 Å². The van der Waals surface area contributed by atoms with Crippen LogP contribution in [-0.4, -0.2) is 102 Å². The fraction of sp³-hybridized carbons (Fsp3) is 0.630. The van der Waals surface area contributed by atoms with Crippen LogP contribution >= 0.6 is 31.3 Å². The summed E-state index contributed by atoms with van der Waals surface area (Å²) in [6.45, 7) is 1.61. The first-order valence-electron chi connectivity index (χ1n) is 17.4. The summed E-state index contributed by atoms with van der Waals surface area (Å²) in [7, 11) is -20.1. The second-order valence-corrected chi connectivity index (χ2v) is 19.5. The molecule has 2 aliphatic rings. The zero-order valence-corrected chi connectivity index (χ0v) is 35.9. The predicted octanol–water partition coefficient (Wildman–Crippen LogP) is -5.16. The number of aryl methyl sites for hydroxylation is 3. The van der Waals surface area contributed by atoms with Crippen molar-refractivity contribution >= 4 is 59.6 Å². The van der Waals surface area contributed by atoms with Gasteiger partial charge in [-0.15, -0.1) is 0 Å². The molecule has 4 aromatic heterocycles. The number of aliphatic hydroxyl groups excluding tert-OH is 2. The van der Waals surface area contributed by atoms with E-state index in [0.717, 1.165) is 11.7 Å². The van der Waals surface area contributed by atoms with E-state index in [-0.39, 0.29) is 28.2 Å². The number of nitrogens with two attached hydrogens (primary N) is 1. The van der Waals surface area contributed by atoms with Crippen LogP contribution in [0.25, 0.3) is 22.3 Å². The van der Waals surface area contributed by atoms with E-state index in [9.17, 15) is 58.3 Å². The molecule has 4 aromatic rings. The van der Waals surface area contributed by atoms with Crippen molar-refractivity contribution < 1.29 is 108 Å². The SMILES string of the molecule is COC1C(O)[C@H]([n+]2cn(C)c3c([O-])nc(N)nc32)O[C@@H]1COP(=O)([O-])OP(=O)([O-])OP(=O)([O-])OC[C@H]1O[C@@H]([n+]2cn(C)c3c([O-])nc(C)nc32)[C@@H](O)C1OP(=O)([O-])OC(C)C. The highest BCUT2D eigenvalue weighted by Gasteiger charge is 2.51. The average molecular weight is 948 g/mol. The van der Waals surface area contributed by atoms with Gasteiger partial charge in [0.15, 0.2) is 23.7 Å². The standard InChI is InChI=1S/C27H41N9O21P4/c1-11(2)54-60(45,46)55-20-14(53-26(18(20)38)35-9-33(4)15-21(35)29-12(3)30-23(15)39)8-51-59(43,44)57-61(47,48)56-58(41,42)50-7-13-19(49-6)17(37)25(52-13)36-10-34(5)16-22(36)31-27(28)32-24(16)40/h9-11,13-14,17-20,25-26,37-38H,7-8H2,1-6H3,(H6-2,28,29,30,31,32,39,40,41,42,43,44,45,46,47,48)/p-4/t13-,14-,17?,18+,19?,20?,25-,26-/m1/s1. The Morgan fingerprint density at radius 2 is 1.23 bits per heavy atom. The number of aliphatic hydroxyl groups is 2. The number of nitrogen functional groups attached to an aromatic ring is 1. The molecule has 0 bridgehead atoms. The molecule has 0 aliphatic carbocycles. The van der Waals surface area contributed by atoms with Gasteiger partial charge in [-0.3, -0.25) is 27.4 Å². The molecule has 0 saturated carbocycles. The van der Waals surface area contributed by atoms with Crippen molar-refractivity contribution in [3.8, 4) is 11.8 Å². The molecule has 4 N–H and O–H groups in total. The van der Waals surface area contributed by atoms with Gasteiger partial charge in [0, 0.05) is 25.8 Å². The first-order chi connectivity index (χ1) is 28.2. The number of rotatable bonds is 17. The zero-order valence-electron chi connectivity index (χ0n) is 32.4. The van der Waals surface area contributed by atoms with Crippen molar-refractivity contribution in [2.75, 3.05) is 26.1 Å². The van der Waals surface area contributed by atoms with Crippen LogP contribution in [-0.2, 0) is 73.3 Å². The van der Waals surface area contributed by atoms with Gasteiger partial charge < -0.3 is 78.0 Å². The van der Waals surface area contributed by atoms with Gasteiger partial charge in [0.05, 0.1) is 33.4 Å². The van der Waals surface area contributed by atoms with Gasteiger partial charge >= 0.3 is 11.3 Å². The Bertz CT molecular complexity index is 2490. The van der Waals surface area contributed by atoms with E-state index >= 15 is 0 Å². The Morgan fingerprint density at radius 3 is 1.72 bits per heavy atom. The predicted molar refractivity (Wildman–Crippen MR) is 182 cm³/mol. The number of ether oxygens (including phenoxy) is 3. The summed E-state index contributed by atoms with van der Waals surface area (Å²) in [5, 5.41) is 47.1. The highest BCUT2D eigenvalue weighted by Crippen LogP contribution is 2.63. The fourth-order valence-electron chi connectivity index (χ4n) is 6.57. The first kappa shape index (κ1) is 47.3. The van der Waals surface area contributed by atoms with Gasteiger partial charge in [-0.25, -0.2) is 27.7 Å². The number of anilines is 1. The van der Waals surface area contributed by atoms with Gasteiger partial charge in [0.2, 0.25) is 18.3 Å². The lowest BCUT2D eigenvalue weighted by Crippen LogP contribution is -2.46. The third-order valence-electron chi connectivity index (χ3n) is 8.81. The van der Waals surface area contributed by atoms with E-state index in [1.165, 1.54) is 61.2 Å². The number of methoxy groups -OCH3 is 1. The summed E-state index contributed by atoms with van der Waals surface area (Å²) >= 11 is 0.